The lowest BCUT2D eigenvalue weighted by atomic mass is 9.71. The van der Waals surface area contributed by atoms with Crippen molar-refractivity contribution in [3.05, 3.63) is 29.3 Å². The maximum absolute atomic E-state index is 12.7. The minimum atomic E-state index is 0.0132. The summed E-state index contributed by atoms with van der Waals surface area (Å²) in [7, 11) is 0. The highest BCUT2D eigenvalue weighted by Crippen LogP contribution is 2.38. The number of thioether (sulfide) groups is 1. The van der Waals surface area contributed by atoms with Gasteiger partial charge in [0.05, 0.1) is 0 Å². The topological polar surface area (TPSA) is 58.4 Å². The van der Waals surface area contributed by atoms with Gasteiger partial charge in [-0.25, -0.2) is 0 Å². The minimum absolute atomic E-state index is 0.0132. The first-order chi connectivity index (χ1) is 12.6. The van der Waals surface area contributed by atoms with E-state index in [0.29, 0.717) is 13.0 Å². The molecule has 3 rings (SSSR count). The second-order valence-corrected chi connectivity index (χ2v) is 9.19. The number of carbonyl (C=O) groups is 1. The Morgan fingerprint density at radius 3 is 2.65 bits per heavy atom. The molecule has 0 bridgehead atoms. The smallest absolute Gasteiger partial charge is 0.224 e. The summed E-state index contributed by atoms with van der Waals surface area (Å²) in [5.74, 6) is 2.56. The Morgan fingerprint density at radius 2 is 1.96 bits per heavy atom. The van der Waals surface area contributed by atoms with Gasteiger partial charge in [-0.1, -0.05) is 31.4 Å². The number of rotatable bonds is 6. The molecule has 1 saturated heterocycles. The molecule has 1 amide bonds. The summed E-state index contributed by atoms with van der Waals surface area (Å²) in [6.07, 6.45) is 6.40. The zero-order valence-electron chi connectivity index (χ0n) is 16.1. The lowest BCUT2D eigenvalue weighted by Gasteiger charge is -2.35. The van der Waals surface area contributed by atoms with E-state index in [9.17, 15) is 4.79 Å². The summed E-state index contributed by atoms with van der Waals surface area (Å²) < 4.78 is 0. The van der Waals surface area contributed by atoms with Crippen LogP contribution in [0.1, 0.15) is 49.7 Å². The van der Waals surface area contributed by atoms with Gasteiger partial charge < -0.3 is 11.1 Å². The van der Waals surface area contributed by atoms with Crippen molar-refractivity contribution in [2.45, 2.75) is 52.0 Å². The fraction of sp³-hybridized carbons (Fsp3) is 0.667. The first kappa shape index (κ1) is 19.7. The van der Waals surface area contributed by atoms with Crippen molar-refractivity contribution < 1.29 is 4.79 Å². The molecule has 2 fully saturated rings. The summed E-state index contributed by atoms with van der Waals surface area (Å²) in [6.45, 7) is 6.03. The van der Waals surface area contributed by atoms with E-state index in [1.807, 2.05) is 17.8 Å². The predicted octanol–water partition coefficient (Wildman–Crippen LogP) is 3.78. The van der Waals surface area contributed by atoms with Crippen molar-refractivity contribution in [3.8, 4) is 0 Å². The molecule has 0 unspecified atom stereocenters. The van der Waals surface area contributed by atoms with Crippen molar-refractivity contribution in [1.82, 2.24) is 4.90 Å². The van der Waals surface area contributed by atoms with Crippen molar-refractivity contribution in [2.75, 3.05) is 36.5 Å². The van der Waals surface area contributed by atoms with Crippen molar-refractivity contribution >= 4 is 23.4 Å². The zero-order valence-corrected chi connectivity index (χ0v) is 16.9. The maximum Gasteiger partial charge on any atom is 0.224 e. The van der Waals surface area contributed by atoms with Gasteiger partial charge in [0, 0.05) is 43.2 Å². The van der Waals surface area contributed by atoms with Crippen LogP contribution in [0.15, 0.2) is 18.2 Å². The summed E-state index contributed by atoms with van der Waals surface area (Å²) in [5, 5.41) is 3.18. The number of hydrogen-bond donors (Lipinski definition) is 2. The van der Waals surface area contributed by atoms with Gasteiger partial charge >= 0.3 is 0 Å². The fourth-order valence-corrected chi connectivity index (χ4v) is 5.26. The molecule has 1 saturated carbocycles. The number of anilines is 1. The molecule has 1 aromatic rings. The average molecular weight is 376 g/mol. The largest absolute Gasteiger partial charge is 0.330 e. The van der Waals surface area contributed by atoms with Gasteiger partial charge in [-0.3, -0.25) is 9.69 Å². The number of nitrogens with zero attached hydrogens (tertiary/aromatic N) is 1. The second-order valence-electron chi connectivity index (χ2n) is 7.97. The standard InChI is InChI=1S/C21H33N3OS/c1-17-18(15-24-10-12-26-13-11-24)6-5-7-19(17)23-20(25)14-21(16-22)8-3-2-4-9-21/h5-7H,2-4,8-16,22H2,1H3,(H,23,25). The van der Waals surface area contributed by atoms with Gasteiger partial charge in [-0.15, -0.1) is 0 Å². The summed E-state index contributed by atoms with van der Waals surface area (Å²) in [5.41, 5.74) is 9.54. The summed E-state index contributed by atoms with van der Waals surface area (Å²) in [6, 6.07) is 6.28. The molecule has 26 heavy (non-hydrogen) atoms. The molecule has 1 aliphatic carbocycles. The first-order valence-corrected chi connectivity index (χ1v) is 11.2. The Bertz CT molecular complexity index is 607. The summed E-state index contributed by atoms with van der Waals surface area (Å²) in [4.78, 5) is 15.2. The van der Waals surface area contributed by atoms with E-state index in [1.54, 1.807) is 0 Å². The van der Waals surface area contributed by atoms with Crippen LogP contribution < -0.4 is 11.1 Å². The third-order valence-electron chi connectivity index (χ3n) is 6.10. The molecular formula is C21H33N3OS. The predicted molar refractivity (Wildman–Crippen MR) is 112 cm³/mol. The normalized spacial score (nSPS) is 20.7. The molecule has 2 aliphatic rings. The van der Waals surface area contributed by atoms with E-state index in [-0.39, 0.29) is 11.3 Å². The SMILES string of the molecule is Cc1c(CN2CCSCC2)cccc1NC(=O)CC1(CN)CCCCC1. The highest BCUT2D eigenvalue weighted by atomic mass is 32.2. The van der Waals surface area contributed by atoms with E-state index in [4.69, 9.17) is 5.73 Å². The molecular weight excluding hydrogens is 342 g/mol. The number of carbonyl (C=O) groups excluding carboxylic acids is 1. The molecule has 144 valence electrons. The lowest BCUT2D eigenvalue weighted by molar-refractivity contribution is -0.118. The maximum atomic E-state index is 12.7. The van der Waals surface area contributed by atoms with Crippen LogP contribution in [0.25, 0.3) is 0 Å². The van der Waals surface area contributed by atoms with Crippen LogP contribution in [0.3, 0.4) is 0 Å². The lowest BCUT2D eigenvalue weighted by Crippen LogP contribution is -2.36. The second kappa shape index (κ2) is 9.25. The molecule has 4 nitrogen and oxygen atoms in total. The Labute approximate surface area is 162 Å². The Morgan fingerprint density at radius 1 is 1.23 bits per heavy atom. The summed E-state index contributed by atoms with van der Waals surface area (Å²) >= 11 is 2.03. The van der Waals surface area contributed by atoms with Crippen molar-refractivity contribution in [3.63, 3.8) is 0 Å². The highest BCUT2D eigenvalue weighted by molar-refractivity contribution is 7.99. The van der Waals surface area contributed by atoms with Crippen LogP contribution in [-0.2, 0) is 11.3 Å². The quantitative estimate of drug-likeness (QED) is 0.794. The van der Waals surface area contributed by atoms with E-state index in [1.165, 1.54) is 41.9 Å². The van der Waals surface area contributed by atoms with Crippen molar-refractivity contribution in [1.29, 1.82) is 0 Å². The van der Waals surface area contributed by atoms with Gasteiger partial charge in [0.2, 0.25) is 5.91 Å². The third-order valence-corrected chi connectivity index (χ3v) is 7.04. The van der Waals surface area contributed by atoms with Crippen LogP contribution in [-0.4, -0.2) is 41.9 Å². The molecule has 1 aliphatic heterocycles. The average Bonchev–Trinajstić information content (AvgIpc) is 2.66. The molecule has 3 N–H and O–H groups in total. The highest BCUT2D eigenvalue weighted by Gasteiger charge is 2.33. The third kappa shape index (κ3) is 5.02. The van der Waals surface area contributed by atoms with E-state index in [2.05, 4.69) is 29.3 Å². The minimum Gasteiger partial charge on any atom is -0.330 e. The van der Waals surface area contributed by atoms with Crippen LogP contribution in [0.5, 0.6) is 0 Å². The molecule has 5 heteroatoms. The number of nitrogens with one attached hydrogen (secondary N) is 1. The molecule has 1 aromatic carbocycles. The van der Waals surface area contributed by atoms with E-state index >= 15 is 0 Å². The zero-order chi connectivity index (χ0) is 18.4. The number of nitrogens with two attached hydrogens (primary N) is 1. The van der Waals surface area contributed by atoms with Crippen LogP contribution in [0.2, 0.25) is 0 Å². The molecule has 0 aromatic heterocycles. The van der Waals surface area contributed by atoms with Gasteiger partial charge in [0.15, 0.2) is 0 Å². The van der Waals surface area contributed by atoms with Crippen LogP contribution in [0.4, 0.5) is 5.69 Å². The van der Waals surface area contributed by atoms with E-state index in [0.717, 1.165) is 38.2 Å². The number of amides is 1. The van der Waals surface area contributed by atoms with Gasteiger partial charge in [0.1, 0.15) is 0 Å². The molecule has 1 heterocycles. The molecule has 0 radical (unpaired) electrons. The Kier molecular flexibility index (Phi) is 7.01. The Hall–Kier alpha value is -1.04. The monoisotopic (exact) mass is 375 g/mol. The van der Waals surface area contributed by atoms with Gasteiger partial charge in [0.25, 0.3) is 0 Å². The molecule has 0 spiro atoms. The van der Waals surface area contributed by atoms with Crippen LogP contribution >= 0.6 is 11.8 Å². The van der Waals surface area contributed by atoms with Crippen LogP contribution in [0, 0.1) is 12.3 Å². The Balaban J connectivity index is 1.63. The first-order valence-electron chi connectivity index (χ1n) is 10.0. The number of benzene rings is 1. The van der Waals surface area contributed by atoms with Gasteiger partial charge in [-0.05, 0) is 48.9 Å². The van der Waals surface area contributed by atoms with Gasteiger partial charge in [-0.2, -0.15) is 11.8 Å². The molecule has 0 atom stereocenters. The fourth-order valence-electron chi connectivity index (χ4n) is 4.28. The van der Waals surface area contributed by atoms with Crippen molar-refractivity contribution in [2.24, 2.45) is 11.1 Å². The van der Waals surface area contributed by atoms with E-state index < -0.39 is 0 Å². The number of hydrogen-bond acceptors (Lipinski definition) is 4.